The van der Waals surface area contributed by atoms with Crippen molar-refractivity contribution in [3.8, 4) is 5.75 Å². The topological polar surface area (TPSA) is 75.6 Å². The van der Waals surface area contributed by atoms with Crippen LogP contribution in [0.4, 0.5) is 0 Å². The van der Waals surface area contributed by atoms with Crippen LogP contribution in [0.5, 0.6) is 5.75 Å². The van der Waals surface area contributed by atoms with Gasteiger partial charge in [0, 0.05) is 12.1 Å². The van der Waals surface area contributed by atoms with E-state index in [2.05, 4.69) is 5.32 Å². The molecular weight excluding hydrogens is 282 g/mol. The van der Waals surface area contributed by atoms with E-state index in [1.165, 1.54) is 6.92 Å². The van der Waals surface area contributed by atoms with Gasteiger partial charge in [-0.2, -0.15) is 0 Å². The van der Waals surface area contributed by atoms with Crippen molar-refractivity contribution in [2.24, 2.45) is 0 Å². The minimum absolute atomic E-state index is 0.193. The number of ether oxygens (including phenoxy) is 1. The number of aliphatic carboxylic acids is 1. The summed E-state index contributed by atoms with van der Waals surface area (Å²) >= 11 is 0. The molecule has 1 amide bonds. The Kier molecular flexibility index (Phi) is 5.14. The minimum atomic E-state index is -1.04. The van der Waals surface area contributed by atoms with Crippen LogP contribution in [0.15, 0.2) is 54.6 Å². The second-order valence-electron chi connectivity index (χ2n) is 4.79. The van der Waals surface area contributed by atoms with Gasteiger partial charge in [-0.3, -0.25) is 4.79 Å². The third-order valence-corrected chi connectivity index (χ3v) is 3.07. The van der Waals surface area contributed by atoms with E-state index in [0.29, 0.717) is 17.9 Å². The summed E-state index contributed by atoms with van der Waals surface area (Å²) in [7, 11) is 0. The molecule has 114 valence electrons. The van der Waals surface area contributed by atoms with E-state index >= 15 is 0 Å². The Balaban J connectivity index is 1.92. The van der Waals surface area contributed by atoms with Crippen molar-refractivity contribution in [3.05, 3.63) is 65.7 Å². The van der Waals surface area contributed by atoms with Gasteiger partial charge >= 0.3 is 5.97 Å². The second kappa shape index (κ2) is 7.26. The van der Waals surface area contributed by atoms with E-state index in [4.69, 9.17) is 9.84 Å². The summed E-state index contributed by atoms with van der Waals surface area (Å²) in [5.74, 6) is -0.819. The number of hydrogen-bond donors (Lipinski definition) is 2. The molecular formula is C17H17NO4. The number of carboxylic acids is 1. The van der Waals surface area contributed by atoms with Gasteiger partial charge < -0.3 is 15.2 Å². The lowest BCUT2D eigenvalue weighted by Gasteiger charge is -2.11. The van der Waals surface area contributed by atoms with Crippen LogP contribution in [0.25, 0.3) is 0 Å². The quantitative estimate of drug-likeness (QED) is 0.859. The van der Waals surface area contributed by atoms with Crippen molar-refractivity contribution in [2.45, 2.75) is 19.6 Å². The fourth-order valence-electron chi connectivity index (χ4n) is 1.82. The fraction of sp³-hybridized carbons (Fsp3) is 0.176. The van der Waals surface area contributed by atoms with E-state index in [-0.39, 0.29) is 5.91 Å². The molecule has 0 radical (unpaired) electrons. The van der Waals surface area contributed by atoms with E-state index in [9.17, 15) is 9.59 Å². The predicted molar refractivity (Wildman–Crippen MR) is 81.8 cm³/mol. The fourth-order valence-corrected chi connectivity index (χ4v) is 1.82. The molecule has 1 atom stereocenters. The van der Waals surface area contributed by atoms with Gasteiger partial charge in [0.05, 0.1) is 0 Å². The highest BCUT2D eigenvalue weighted by atomic mass is 16.5. The Morgan fingerprint density at radius 1 is 1.09 bits per heavy atom. The zero-order valence-electron chi connectivity index (χ0n) is 12.2. The SMILES string of the molecule is C[C@@H](Oc1ccc(C(=O)NCc2ccccc2)cc1)C(=O)O. The summed E-state index contributed by atoms with van der Waals surface area (Å²) in [6, 6.07) is 16.0. The first-order valence-corrected chi connectivity index (χ1v) is 6.88. The maximum atomic E-state index is 12.0. The van der Waals surface area contributed by atoms with Gasteiger partial charge in [-0.25, -0.2) is 4.79 Å². The van der Waals surface area contributed by atoms with Crippen LogP contribution in [0.3, 0.4) is 0 Å². The molecule has 5 nitrogen and oxygen atoms in total. The van der Waals surface area contributed by atoms with E-state index in [1.54, 1.807) is 24.3 Å². The summed E-state index contributed by atoms with van der Waals surface area (Å²) in [6.07, 6.45) is -0.933. The molecule has 0 aliphatic carbocycles. The Labute approximate surface area is 128 Å². The molecule has 0 aliphatic rings. The normalized spacial score (nSPS) is 11.5. The molecule has 2 aromatic rings. The lowest BCUT2D eigenvalue weighted by molar-refractivity contribution is -0.144. The lowest BCUT2D eigenvalue weighted by atomic mass is 10.2. The number of carboxylic acid groups (broad SMARTS) is 1. The van der Waals surface area contributed by atoms with Gasteiger partial charge in [-0.15, -0.1) is 0 Å². The van der Waals surface area contributed by atoms with Crippen molar-refractivity contribution in [2.75, 3.05) is 0 Å². The molecule has 0 aliphatic heterocycles. The first kappa shape index (κ1) is 15.6. The summed E-state index contributed by atoms with van der Waals surface area (Å²) in [4.78, 5) is 22.7. The van der Waals surface area contributed by atoms with Gasteiger partial charge in [0.15, 0.2) is 6.10 Å². The van der Waals surface area contributed by atoms with Gasteiger partial charge in [0.1, 0.15) is 5.75 Å². The molecule has 2 rings (SSSR count). The summed E-state index contributed by atoms with van der Waals surface area (Å²) in [5, 5.41) is 11.6. The third kappa shape index (κ3) is 4.34. The lowest BCUT2D eigenvalue weighted by Crippen LogP contribution is -2.23. The molecule has 0 bridgehead atoms. The van der Waals surface area contributed by atoms with Crippen LogP contribution < -0.4 is 10.1 Å². The van der Waals surface area contributed by atoms with Crippen molar-refractivity contribution in [1.82, 2.24) is 5.32 Å². The maximum Gasteiger partial charge on any atom is 0.344 e. The Morgan fingerprint density at radius 3 is 2.32 bits per heavy atom. The molecule has 0 spiro atoms. The van der Waals surface area contributed by atoms with Gasteiger partial charge in [-0.1, -0.05) is 30.3 Å². The highest BCUT2D eigenvalue weighted by molar-refractivity contribution is 5.94. The number of nitrogens with one attached hydrogen (secondary N) is 1. The summed E-state index contributed by atoms with van der Waals surface area (Å²) < 4.78 is 5.21. The largest absolute Gasteiger partial charge is 0.479 e. The zero-order chi connectivity index (χ0) is 15.9. The average molecular weight is 299 g/mol. The number of hydrogen-bond acceptors (Lipinski definition) is 3. The Hall–Kier alpha value is -2.82. The Bertz CT molecular complexity index is 637. The third-order valence-electron chi connectivity index (χ3n) is 3.07. The van der Waals surface area contributed by atoms with Crippen molar-refractivity contribution < 1.29 is 19.4 Å². The van der Waals surface area contributed by atoms with Crippen molar-refractivity contribution in [1.29, 1.82) is 0 Å². The number of rotatable bonds is 6. The highest BCUT2D eigenvalue weighted by Gasteiger charge is 2.12. The van der Waals surface area contributed by atoms with E-state index < -0.39 is 12.1 Å². The highest BCUT2D eigenvalue weighted by Crippen LogP contribution is 2.14. The molecule has 0 heterocycles. The molecule has 0 unspecified atom stereocenters. The van der Waals surface area contributed by atoms with Crippen molar-refractivity contribution >= 4 is 11.9 Å². The molecule has 2 aromatic carbocycles. The van der Waals surface area contributed by atoms with Gasteiger partial charge in [0.2, 0.25) is 0 Å². The number of carbonyl (C=O) groups excluding carboxylic acids is 1. The van der Waals surface area contributed by atoms with Crippen LogP contribution in [-0.4, -0.2) is 23.1 Å². The smallest absolute Gasteiger partial charge is 0.344 e. The van der Waals surface area contributed by atoms with Crippen LogP contribution in [0, 0.1) is 0 Å². The number of benzene rings is 2. The van der Waals surface area contributed by atoms with Gasteiger partial charge in [0.25, 0.3) is 5.91 Å². The van der Waals surface area contributed by atoms with Gasteiger partial charge in [-0.05, 0) is 36.8 Å². The molecule has 0 fully saturated rings. The molecule has 22 heavy (non-hydrogen) atoms. The monoisotopic (exact) mass is 299 g/mol. The minimum Gasteiger partial charge on any atom is -0.479 e. The number of carbonyl (C=O) groups is 2. The average Bonchev–Trinajstić information content (AvgIpc) is 2.54. The van der Waals surface area contributed by atoms with Crippen LogP contribution >= 0.6 is 0 Å². The molecule has 0 saturated carbocycles. The standard InChI is InChI=1S/C17H17NO4/c1-12(17(20)21)22-15-9-7-14(8-10-15)16(19)18-11-13-5-3-2-4-6-13/h2-10,12H,11H2,1H3,(H,18,19)(H,20,21)/t12-/m1/s1. The van der Waals surface area contributed by atoms with Crippen LogP contribution in [0.2, 0.25) is 0 Å². The first-order chi connectivity index (χ1) is 10.6. The van der Waals surface area contributed by atoms with Crippen LogP contribution in [0.1, 0.15) is 22.8 Å². The van der Waals surface area contributed by atoms with Crippen molar-refractivity contribution in [3.63, 3.8) is 0 Å². The number of amides is 1. The predicted octanol–water partition coefficient (Wildman–Crippen LogP) is 2.47. The molecule has 0 saturated heterocycles. The summed E-state index contributed by atoms with van der Waals surface area (Å²) in [5.41, 5.74) is 1.51. The summed E-state index contributed by atoms with van der Waals surface area (Å²) in [6.45, 7) is 1.90. The van der Waals surface area contributed by atoms with E-state index in [0.717, 1.165) is 5.56 Å². The molecule has 0 aromatic heterocycles. The second-order valence-corrected chi connectivity index (χ2v) is 4.79. The Morgan fingerprint density at radius 2 is 1.73 bits per heavy atom. The molecule has 2 N–H and O–H groups in total. The zero-order valence-corrected chi connectivity index (χ0v) is 12.2. The maximum absolute atomic E-state index is 12.0. The van der Waals surface area contributed by atoms with E-state index in [1.807, 2.05) is 30.3 Å². The first-order valence-electron chi connectivity index (χ1n) is 6.88. The van der Waals surface area contributed by atoms with Crippen LogP contribution in [-0.2, 0) is 11.3 Å². The molecule has 5 heteroatoms.